The Morgan fingerprint density at radius 2 is 1.94 bits per heavy atom. The van der Waals surface area contributed by atoms with E-state index in [0.29, 0.717) is 35.3 Å². The predicted octanol–water partition coefficient (Wildman–Crippen LogP) is 4.32. The van der Waals surface area contributed by atoms with E-state index in [9.17, 15) is 5.11 Å². The second kappa shape index (κ2) is 4.65. The van der Waals surface area contributed by atoms with Gasteiger partial charge in [0, 0.05) is 5.92 Å². The molecule has 0 spiro atoms. The van der Waals surface area contributed by atoms with E-state index in [4.69, 9.17) is 0 Å². The molecule has 0 aromatic carbocycles. The molecule has 0 radical (unpaired) electrons. The van der Waals surface area contributed by atoms with Gasteiger partial charge in [0.25, 0.3) is 0 Å². The Morgan fingerprint density at radius 1 is 1.19 bits per heavy atom. The van der Waals surface area contributed by atoms with Crippen molar-refractivity contribution in [2.75, 3.05) is 0 Å². The molecule has 0 amide bonds. The molecule has 1 heteroatoms. The molecule has 0 aliphatic heterocycles. The molecule has 0 saturated carbocycles. The summed E-state index contributed by atoms with van der Waals surface area (Å²) < 4.78 is 0. The molecule has 2 rings (SSSR count). The summed E-state index contributed by atoms with van der Waals surface area (Å²) in [7, 11) is 0. The zero-order valence-electron chi connectivity index (χ0n) is 10.7. The number of aliphatic hydroxyl groups excluding tert-OH is 1. The number of hydrogen-bond donors (Lipinski definition) is 1. The maximum Gasteiger partial charge on any atom is 0.0925 e. The smallest absolute Gasteiger partial charge is 0.0925 e. The van der Waals surface area contributed by atoms with E-state index in [1.807, 2.05) is 0 Å². The first-order valence-electron chi connectivity index (χ1n) is 6.68. The predicted molar refractivity (Wildman–Crippen MR) is 68.2 cm³/mol. The average molecular weight is 220 g/mol. The van der Waals surface area contributed by atoms with Crippen molar-refractivity contribution in [1.29, 1.82) is 0 Å². The molecule has 0 bridgehead atoms. The van der Waals surface area contributed by atoms with Crippen LogP contribution in [0.3, 0.4) is 0 Å². The summed E-state index contributed by atoms with van der Waals surface area (Å²) in [5.41, 5.74) is 0. The molecule has 0 aromatic heterocycles. The van der Waals surface area contributed by atoms with Gasteiger partial charge in [-0.3, -0.25) is 0 Å². The van der Waals surface area contributed by atoms with Crippen LogP contribution in [0.15, 0.2) is 24.0 Å². The second-order valence-electron chi connectivity index (χ2n) is 5.72. The van der Waals surface area contributed by atoms with E-state index in [2.05, 4.69) is 39.0 Å². The van der Waals surface area contributed by atoms with Crippen molar-refractivity contribution in [1.82, 2.24) is 0 Å². The van der Waals surface area contributed by atoms with Gasteiger partial charge < -0.3 is 5.11 Å². The molecule has 16 heavy (non-hydrogen) atoms. The third-order valence-corrected chi connectivity index (χ3v) is 4.75. The lowest BCUT2D eigenvalue weighted by Crippen LogP contribution is -2.34. The summed E-state index contributed by atoms with van der Waals surface area (Å²) in [6.45, 7) is 6.83. The van der Waals surface area contributed by atoms with E-state index in [-0.39, 0.29) is 0 Å². The van der Waals surface area contributed by atoms with Gasteiger partial charge in [0.1, 0.15) is 0 Å². The summed E-state index contributed by atoms with van der Waals surface area (Å²) in [5.74, 6) is 3.36. The molecule has 0 fully saturated rings. The largest absolute Gasteiger partial charge is 0.512 e. The standard InChI is InChI=1S/C15H24O/c1-10-9-14(16)15(12(3)11(10)2)13-7-5-4-6-8-13/h5,7,9-13,15-16H,4,6,8H2,1-3H3/t10-,11-,12-,13?,15?/m1/s1. The lowest BCUT2D eigenvalue weighted by Gasteiger charge is -2.40. The quantitative estimate of drug-likeness (QED) is 0.652. The normalized spacial score (nSPS) is 44.2. The molecule has 2 aliphatic carbocycles. The minimum absolute atomic E-state index is 0.364. The molecular formula is C15H24O. The summed E-state index contributed by atoms with van der Waals surface area (Å²) in [6.07, 6.45) is 10.4. The molecule has 2 unspecified atom stereocenters. The average Bonchev–Trinajstić information content (AvgIpc) is 2.28. The Labute approximate surface area is 99.3 Å². The van der Waals surface area contributed by atoms with Crippen molar-refractivity contribution in [2.24, 2.45) is 29.6 Å². The van der Waals surface area contributed by atoms with Gasteiger partial charge >= 0.3 is 0 Å². The van der Waals surface area contributed by atoms with Gasteiger partial charge in [0.2, 0.25) is 0 Å². The van der Waals surface area contributed by atoms with Crippen molar-refractivity contribution in [3.63, 3.8) is 0 Å². The van der Waals surface area contributed by atoms with Crippen LogP contribution in [0.4, 0.5) is 0 Å². The summed E-state index contributed by atoms with van der Waals surface area (Å²) in [5, 5.41) is 10.2. The topological polar surface area (TPSA) is 20.2 Å². The minimum Gasteiger partial charge on any atom is -0.512 e. The van der Waals surface area contributed by atoms with Gasteiger partial charge in [0.15, 0.2) is 0 Å². The lowest BCUT2D eigenvalue weighted by atomic mass is 9.66. The highest BCUT2D eigenvalue weighted by Gasteiger charge is 2.37. The molecule has 0 heterocycles. The first-order valence-corrected chi connectivity index (χ1v) is 6.68. The van der Waals surface area contributed by atoms with E-state index in [1.165, 1.54) is 19.3 Å². The maximum absolute atomic E-state index is 10.2. The Kier molecular flexibility index (Phi) is 3.41. The number of allylic oxidation sites excluding steroid dienone is 4. The van der Waals surface area contributed by atoms with Crippen LogP contribution in [0.2, 0.25) is 0 Å². The first-order chi connectivity index (χ1) is 7.61. The van der Waals surface area contributed by atoms with Gasteiger partial charge in [0.05, 0.1) is 5.76 Å². The lowest BCUT2D eigenvalue weighted by molar-refractivity contribution is 0.129. The fourth-order valence-corrected chi connectivity index (χ4v) is 3.35. The Hall–Kier alpha value is -0.720. The number of hydrogen-bond acceptors (Lipinski definition) is 1. The van der Waals surface area contributed by atoms with Crippen LogP contribution < -0.4 is 0 Å². The van der Waals surface area contributed by atoms with E-state index in [1.54, 1.807) is 0 Å². The Morgan fingerprint density at radius 3 is 2.56 bits per heavy atom. The van der Waals surface area contributed by atoms with E-state index >= 15 is 0 Å². The molecule has 1 nitrogen and oxygen atoms in total. The molecule has 5 atom stereocenters. The van der Waals surface area contributed by atoms with Crippen LogP contribution in [-0.4, -0.2) is 5.11 Å². The fourth-order valence-electron chi connectivity index (χ4n) is 3.35. The molecule has 0 aromatic rings. The van der Waals surface area contributed by atoms with Crippen LogP contribution in [0.5, 0.6) is 0 Å². The molecule has 1 N–H and O–H groups in total. The molecule has 2 aliphatic rings. The zero-order valence-corrected chi connectivity index (χ0v) is 10.7. The van der Waals surface area contributed by atoms with E-state index < -0.39 is 0 Å². The van der Waals surface area contributed by atoms with Crippen molar-refractivity contribution in [3.05, 3.63) is 24.0 Å². The van der Waals surface area contributed by atoms with E-state index in [0.717, 1.165) is 0 Å². The summed E-state index contributed by atoms with van der Waals surface area (Å²) in [6, 6.07) is 0. The molecular weight excluding hydrogens is 196 g/mol. The third-order valence-electron chi connectivity index (χ3n) is 4.75. The molecule has 90 valence electrons. The van der Waals surface area contributed by atoms with Crippen LogP contribution in [0.25, 0.3) is 0 Å². The second-order valence-corrected chi connectivity index (χ2v) is 5.72. The summed E-state index contributed by atoms with van der Waals surface area (Å²) >= 11 is 0. The highest BCUT2D eigenvalue weighted by atomic mass is 16.3. The Bertz CT molecular complexity index is 303. The number of rotatable bonds is 1. The minimum atomic E-state index is 0.364. The van der Waals surface area contributed by atoms with Gasteiger partial charge in [-0.25, -0.2) is 0 Å². The van der Waals surface area contributed by atoms with Gasteiger partial charge in [-0.1, -0.05) is 32.9 Å². The molecule has 0 saturated heterocycles. The SMILES string of the molecule is C[C@@H]1[C@H](C)C=C(O)C(C2C=CCCC2)[C@@H]1C. The fraction of sp³-hybridized carbons (Fsp3) is 0.733. The highest BCUT2D eigenvalue weighted by molar-refractivity contribution is 5.13. The van der Waals surface area contributed by atoms with Crippen LogP contribution >= 0.6 is 0 Å². The van der Waals surface area contributed by atoms with Crippen LogP contribution in [0, 0.1) is 29.6 Å². The van der Waals surface area contributed by atoms with Gasteiger partial charge in [-0.2, -0.15) is 0 Å². The first kappa shape index (κ1) is 11.8. The van der Waals surface area contributed by atoms with Gasteiger partial charge in [-0.15, -0.1) is 0 Å². The van der Waals surface area contributed by atoms with Gasteiger partial charge in [-0.05, 0) is 49.0 Å². The van der Waals surface area contributed by atoms with Crippen LogP contribution in [-0.2, 0) is 0 Å². The zero-order chi connectivity index (χ0) is 11.7. The Balaban J connectivity index is 2.22. The highest BCUT2D eigenvalue weighted by Crippen LogP contribution is 2.43. The monoisotopic (exact) mass is 220 g/mol. The number of aliphatic hydroxyl groups is 1. The van der Waals surface area contributed by atoms with Crippen molar-refractivity contribution < 1.29 is 5.11 Å². The van der Waals surface area contributed by atoms with Crippen molar-refractivity contribution in [2.45, 2.75) is 40.0 Å². The maximum atomic E-state index is 10.2. The van der Waals surface area contributed by atoms with Crippen LogP contribution in [0.1, 0.15) is 40.0 Å². The van der Waals surface area contributed by atoms with Crippen molar-refractivity contribution >= 4 is 0 Å². The third kappa shape index (κ3) is 2.05. The van der Waals surface area contributed by atoms with Crippen molar-refractivity contribution in [3.8, 4) is 0 Å². The summed E-state index contributed by atoms with van der Waals surface area (Å²) in [4.78, 5) is 0.